The van der Waals surface area contributed by atoms with Gasteiger partial charge in [0.25, 0.3) is 0 Å². The number of ether oxygens (including phenoxy) is 3. The van der Waals surface area contributed by atoms with E-state index in [2.05, 4.69) is 69.4 Å². The minimum atomic E-state index is -0.797. The zero-order valence-corrected chi connectivity index (χ0v) is 43.3. The van der Waals surface area contributed by atoms with Crippen LogP contribution in [0, 0.1) is 0 Å². The number of esters is 3. The number of hydrogen-bond acceptors (Lipinski definition) is 6. The second-order valence-corrected chi connectivity index (χ2v) is 18.9. The van der Waals surface area contributed by atoms with Crippen molar-refractivity contribution in [3.63, 3.8) is 0 Å². The molecule has 0 N–H and O–H groups in total. The second-order valence-electron chi connectivity index (χ2n) is 18.9. The summed E-state index contributed by atoms with van der Waals surface area (Å²) in [6.07, 6.45) is 65.3. The van der Waals surface area contributed by atoms with E-state index in [0.717, 1.165) is 64.2 Å². The number of allylic oxidation sites excluding steroid dienone is 8. The Labute approximate surface area is 403 Å². The molecular formula is C59H106O6. The van der Waals surface area contributed by atoms with Gasteiger partial charge >= 0.3 is 17.9 Å². The summed E-state index contributed by atoms with van der Waals surface area (Å²) in [5.41, 5.74) is 0. The summed E-state index contributed by atoms with van der Waals surface area (Å²) < 4.78 is 16.8. The third-order valence-electron chi connectivity index (χ3n) is 12.3. The van der Waals surface area contributed by atoms with E-state index in [9.17, 15) is 14.4 Å². The minimum Gasteiger partial charge on any atom is -0.462 e. The van der Waals surface area contributed by atoms with Crippen LogP contribution in [0.3, 0.4) is 0 Å². The maximum atomic E-state index is 12.8. The Hall–Kier alpha value is -2.63. The van der Waals surface area contributed by atoms with Crippen LogP contribution in [0.2, 0.25) is 0 Å². The van der Waals surface area contributed by atoms with Gasteiger partial charge in [-0.25, -0.2) is 0 Å². The monoisotopic (exact) mass is 911 g/mol. The lowest BCUT2D eigenvalue weighted by molar-refractivity contribution is -0.167. The van der Waals surface area contributed by atoms with Crippen molar-refractivity contribution in [2.75, 3.05) is 13.2 Å². The van der Waals surface area contributed by atoms with Crippen molar-refractivity contribution in [2.24, 2.45) is 0 Å². The quantitative estimate of drug-likeness (QED) is 0.0262. The van der Waals surface area contributed by atoms with Gasteiger partial charge in [0.05, 0.1) is 0 Å². The van der Waals surface area contributed by atoms with E-state index in [1.807, 2.05) is 0 Å². The summed E-state index contributed by atoms with van der Waals surface area (Å²) in [7, 11) is 0. The average molecular weight is 911 g/mol. The van der Waals surface area contributed by atoms with E-state index in [0.29, 0.717) is 19.3 Å². The third kappa shape index (κ3) is 52.2. The van der Waals surface area contributed by atoms with Gasteiger partial charge in [-0.3, -0.25) is 14.4 Å². The minimum absolute atomic E-state index is 0.0906. The van der Waals surface area contributed by atoms with E-state index in [4.69, 9.17) is 14.2 Å². The Balaban J connectivity index is 4.40. The first-order valence-electron chi connectivity index (χ1n) is 28.1. The fraction of sp³-hybridized carbons (Fsp3) is 0.814. The van der Waals surface area contributed by atoms with Gasteiger partial charge in [0.15, 0.2) is 6.10 Å². The Kier molecular flexibility index (Phi) is 51.8. The zero-order valence-electron chi connectivity index (χ0n) is 43.3. The summed E-state index contributed by atoms with van der Waals surface area (Å²) in [5, 5.41) is 0. The van der Waals surface area contributed by atoms with Crippen molar-refractivity contribution in [2.45, 2.75) is 297 Å². The molecule has 0 unspecified atom stereocenters. The highest BCUT2D eigenvalue weighted by Crippen LogP contribution is 2.16. The van der Waals surface area contributed by atoms with Crippen molar-refractivity contribution >= 4 is 17.9 Å². The largest absolute Gasteiger partial charge is 0.462 e. The molecule has 378 valence electrons. The molecule has 0 amide bonds. The number of carbonyl (C=O) groups excluding carboxylic acids is 3. The first-order chi connectivity index (χ1) is 32.0. The van der Waals surface area contributed by atoms with Gasteiger partial charge < -0.3 is 14.2 Å². The van der Waals surface area contributed by atoms with Gasteiger partial charge in [0.2, 0.25) is 0 Å². The number of unbranched alkanes of at least 4 members (excludes halogenated alkanes) is 32. The molecule has 0 aromatic carbocycles. The summed E-state index contributed by atoms with van der Waals surface area (Å²) >= 11 is 0. The van der Waals surface area contributed by atoms with Crippen LogP contribution in [0.1, 0.15) is 290 Å². The highest BCUT2D eigenvalue weighted by Gasteiger charge is 2.19. The van der Waals surface area contributed by atoms with Crippen LogP contribution in [0.5, 0.6) is 0 Å². The van der Waals surface area contributed by atoms with Crippen molar-refractivity contribution in [3.05, 3.63) is 48.6 Å². The van der Waals surface area contributed by atoms with Gasteiger partial charge in [-0.05, 0) is 57.8 Å². The molecule has 0 aliphatic heterocycles. The summed E-state index contributed by atoms with van der Waals surface area (Å²) in [5.74, 6) is -0.933. The predicted octanol–water partition coefficient (Wildman–Crippen LogP) is 18.7. The molecule has 0 rings (SSSR count). The van der Waals surface area contributed by atoms with Crippen LogP contribution < -0.4 is 0 Å². The normalized spacial score (nSPS) is 12.4. The summed E-state index contributed by atoms with van der Waals surface area (Å²) in [4.78, 5) is 38.0. The molecule has 0 saturated heterocycles. The molecule has 0 aromatic heterocycles. The third-order valence-corrected chi connectivity index (χ3v) is 12.3. The molecule has 0 aromatic rings. The van der Waals surface area contributed by atoms with Crippen LogP contribution in [-0.4, -0.2) is 37.2 Å². The SMILES string of the molecule is CCCCC/C=C\C/C=C\C/C=C\C/C=C\CCCC(=O)O[C@H](COC(=O)CCCCCCCCCCCCCC)COC(=O)CCCCCCCCCCCCCCCCCCCC. The van der Waals surface area contributed by atoms with Crippen molar-refractivity contribution < 1.29 is 28.6 Å². The molecule has 0 heterocycles. The Bertz CT molecular complexity index is 1140. The molecule has 1 atom stereocenters. The van der Waals surface area contributed by atoms with Gasteiger partial charge in [0, 0.05) is 19.3 Å². The van der Waals surface area contributed by atoms with Gasteiger partial charge in [-0.15, -0.1) is 0 Å². The van der Waals surface area contributed by atoms with Crippen LogP contribution in [-0.2, 0) is 28.6 Å². The van der Waals surface area contributed by atoms with Crippen molar-refractivity contribution in [1.29, 1.82) is 0 Å². The summed E-state index contributed by atoms with van der Waals surface area (Å²) in [6, 6.07) is 0. The maximum absolute atomic E-state index is 12.8. The highest BCUT2D eigenvalue weighted by atomic mass is 16.6. The smallest absolute Gasteiger partial charge is 0.306 e. The summed E-state index contributed by atoms with van der Waals surface area (Å²) in [6.45, 7) is 6.60. The van der Waals surface area contributed by atoms with Gasteiger partial charge in [-0.2, -0.15) is 0 Å². The van der Waals surface area contributed by atoms with Crippen molar-refractivity contribution in [1.82, 2.24) is 0 Å². The topological polar surface area (TPSA) is 78.9 Å². The fourth-order valence-corrected chi connectivity index (χ4v) is 8.08. The molecule has 6 nitrogen and oxygen atoms in total. The average Bonchev–Trinajstić information content (AvgIpc) is 3.30. The molecular weight excluding hydrogens is 805 g/mol. The molecule has 0 fully saturated rings. The number of hydrogen-bond donors (Lipinski definition) is 0. The Morgan fingerprint density at radius 3 is 0.908 bits per heavy atom. The first kappa shape index (κ1) is 62.4. The van der Waals surface area contributed by atoms with Crippen molar-refractivity contribution in [3.8, 4) is 0 Å². The second kappa shape index (κ2) is 54.0. The molecule has 0 aliphatic carbocycles. The van der Waals surface area contributed by atoms with Crippen LogP contribution in [0.25, 0.3) is 0 Å². The lowest BCUT2D eigenvalue weighted by Gasteiger charge is -2.18. The van der Waals surface area contributed by atoms with Crippen LogP contribution in [0.15, 0.2) is 48.6 Å². The highest BCUT2D eigenvalue weighted by molar-refractivity contribution is 5.71. The molecule has 6 heteroatoms. The molecule has 65 heavy (non-hydrogen) atoms. The van der Waals surface area contributed by atoms with Crippen LogP contribution in [0.4, 0.5) is 0 Å². The Morgan fingerprint density at radius 1 is 0.308 bits per heavy atom. The van der Waals surface area contributed by atoms with E-state index >= 15 is 0 Å². The lowest BCUT2D eigenvalue weighted by Crippen LogP contribution is -2.30. The van der Waals surface area contributed by atoms with Crippen LogP contribution >= 0.6 is 0 Å². The van der Waals surface area contributed by atoms with E-state index in [1.54, 1.807) is 0 Å². The lowest BCUT2D eigenvalue weighted by atomic mass is 10.0. The molecule has 0 spiro atoms. The molecule has 0 radical (unpaired) electrons. The van der Waals surface area contributed by atoms with E-state index in [1.165, 1.54) is 180 Å². The number of rotatable bonds is 51. The van der Waals surface area contributed by atoms with E-state index in [-0.39, 0.29) is 37.5 Å². The standard InChI is InChI=1S/C59H106O6/c1-4-7-10-13-16-19-22-25-27-29-31-32-34-37-40-43-46-49-52-58(61)64-55-56(54-63-57(60)51-48-45-42-39-36-24-21-18-15-12-9-6-3)65-59(62)53-50-47-44-41-38-35-33-30-28-26-23-20-17-14-11-8-5-2/h17,20,26,28,33,35,41,44,56H,4-16,18-19,21-25,27,29-32,34,36-40,42-43,45-55H2,1-3H3/b20-17-,28-26-,35-33-,44-41-/t56-/m1/s1. The number of carbonyl (C=O) groups is 3. The first-order valence-corrected chi connectivity index (χ1v) is 28.1. The molecule has 0 bridgehead atoms. The van der Waals surface area contributed by atoms with Gasteiger partial charge in [0.1, 0.15) is 13.2 Å². The van der Waals surface area contributed by atoms with E-state index < -0.39 is 6.10 Å². The predicted molar refractivity (Wildman–Crippen MR) is 279 cm³/mol. The zero-order chi connectivity index (χ0) is 47.2. The maximum Gasteiger partial charge on any atom is 0.306 e. The molecule has 0 aliphatic rings. The molecule has 0 saturated carbocycles. The fourth-order valence-electron chi connectivity index (χ4n) is 8.08. The van der Waals surface area contributed by atoms with Gasteiger partial charge in [-0.1, -0.05) is 262 Å². The Morgan fingerprint density at radius 2 is 0.569 bits per heavy atom.